The zero-order chi connectivity index (χ0) is 19.5. The fourth-order valence-electron chi connectivity index (χ4n) is 2.47. The molecule has 1 atom stereocenters. The molecule has 26 heavy (non-hydrogen) atoms. The van der Waals surface area contributed by atoms with Crippen LogP contribution in [0.2, 0.25) is 0 Å². The van der Waals surface area contributed by atoms with Crippen LogP contribution in [-0.4, -0.2) is 45.8 Å². The molecule has 0 aliphatic carbocycles. The van der Waals surface area contributed by atoms with Crippen molar-refractivity contribution in [2.45, 2.75) is 33.7 Å². The van der Waals surface area contributed by atoms with Gasteiger partial charge in [0.15, 0.2) is 18.0 Å². The zero-order valence-electron chi connectivity index (χ0n) is 16.5. The second-order valence-corrected chi connectivity index (χ2v) is 6.72. The predicted octanol–water partition coefficient (Wildman–Crippen LogP) is 0.981. The number of ether oxygens (including phenoxy) is 2. The van der Waals surface area contributed by atoms with Crippen LogP contribution in [0.25, 0.3) is 0 Å². The van der Waals surface area contributed by atoms with Gasteiger partial charge in [-0.15, -0.1) is 0 Å². The second kappa shape index (κ2) is 11.4. The number of urea groups is 1. The molecule has 0 bridgehead atoms. The van der Waals surface area contributed by atoms with E-state index in [-0.39, 0.29) is 12.5 Å². The lowest BCUT2D eigenvalue weighted by molar-refractivity contribution is -0.885. The average Bonchev–Trinajstić information content (AvgIpc) is 2.55. The van der Waals surface area contributed by atoms with Gasteiger partial charge in [-0.2, -0.15) is 0 Å². The summed E-state index contributed by atoms with van der Waals surface area (Å²) in [4.78, 5) is 24.6. The first-order chi connectivity index (χ1) is 12.3. The van der Waals surface area contributed by atoms with Crippen molar-refractivity contribution in [3.8, 4) is 11.5 Å². The molecule has 0 aliphatic rings. The maximum atomic E-state index is 12.0. The van der Waals surface area contributed by atoms with Crippen molar-refractivity contribution in [3.63, 3.8) is 0 Å². The third-order valence-corrected chi connectivity index (χ3v) is 3.76. The summed E-state index contributed by atoms with van der Waals surface area (Å²) < 4.78 is 10.8. The molecule has 0 saturated heterocycles. The van der Waals surface area contributed by atoms with Gasteiger partial charge < -0.3 is 19.7 Å². The number of amides is 3. The van der Waals surface area contributed by atoms with Gasteiger partial charge in [0.2, 0.25) is 0 Å². The molecule has 0 saturated carbocycles. The SMILES string of the molecule is CCOc1ccc(C[NH+](C)CC(=O)NC(=O)NCCC(C)C)cc1OC. The van der Waals surface area contributed by atoms with E-state index in [1.165, 1.54) is 0 Å². The van der Waals surface area contributed by atoms with Crippen LogP contribution >= 0.6 is 0 Å². The van der Waals surface area contributed by atoms with Crippen LogP contribution in [0.15, 0.2) is 18.2 Å². The summed E-state index contributed by atoms with van der Waals surface area (Å²) >= 11 is 0. The highest BCUT2D eigenvalue weighted by Gasteiger charge is 2.14. The molecule has 3 N–H and O–H groups in total. The Morgan fingerprint density at radius 2 is 1.96 bits per heavy atom. The highest BCUT2D eigenvalue weighted by Crippen LogP contribution is 2.27. The summed E-state index contributed by atoms with van der Waals surface area (Å²) in [5.74, 6) is 1.58. The zero-order valence-corrected chi connectivity index (χ0v) is 16.5. The molecular weight excluding hydrogens is 334 g/mol. The number of quaternary nitrogens is 1. The molecule has 146 valence electrons. The summed E-state index contributed by atoms with van der Waals surface area (Å²) in [5.41, 5.74) is 1.02. The lowest BCUT2D eigenvalue weighted by Crippen LogP contribution is -3.09. The third-order valence-electron chi connectivity index (χ3n) is 3.76. The Labute approximate surface area is 156 Å². The largest absolute Gasteiger partial charge is 0.493 e. The minimum atomic E-state index is -0.439. The van der Waals surface area contributed by atoms with Crippen molar-refractivity contribution in [3.05, 3.63) is 23.8 Å². The number of likely N-dealkylation sites (N-methyl/N-ethyl adjacent to an activating group) is 1. The molecule has 1 rings (SSSR count). The number of imide groups is 1. The van der Waals surface area contributed by atoms with Crippen LogP contribution in [0.1, 0.15) is 32.8 Å². The Hall–Kier alpha value is -2.28. The lowest BCUT2D eigenvalue weighted by atomic mass is 10.1. The number of hydrogen-bond acceptors (Lipinski definition) is 4. The molecule has 3 amide bonds. The molecule has 0 aliphatic heterocycles. The number of carbonyl (C=O) groups excluding carboxylic acids is 2. The molecule has 0 aromatic heterocycles. The van der Waals surface area contributed by atoms with E-state index in [1.807, 2.05) is 32.2 Å². The van der Waals surface area contributed by atoms with Crippen molar-refractivity contribution >= 4 is 11.9 Å². The molecular formula is C19H32N3O4+. The molecule has 1 aromatic carbocycles. The highest BCUT2D eigenvalue weighted by molar-refractivity contribution is 5.94. The standard InChI is InChI=1S/C19H31N3O4/c1-6-26-16-8-7-15(11-17(16)25-5)12-22(4)13-18(23)21-19(24)20-10-9-14(2)3/h7-8,11,14H,6,9-10,12-13H2,1-5H3,(H2,20,21,23,24)/p+1. The molecule has 0 heterocycles. The summed E-state index contributed by atoms with van der Waals surface area (Å²) in [6.45, 7) is 8.05. The van der Waals surface area contributed by atoms with Gasteiger partial charge in [0.05, 0.1) is 20.8 Å². The predicted molar refractivity (Wildman–Crippen MR) is 101 cm³/mol. The van der Waals surface area contributed by atoms with E-state index in [0.717, 1.165) is 16.9 Å². The van der Waals surface area contributed by atoms with Crippen LogP contribution in [0.3, 0.4) is 0 Å². The van der Waals surface area contributed by atoms with E-state index in [0.29, 0.717) is 37.1 Å². The molecule has 0 spiro atoms. The monoisotopic (exact) mass is 366 g/mol. The Bertz CT molecular complexity index is 590. The van der Waals surface area contributed by atoms with Crippen LogP contribution < -0.4 is 25.0 Å². The molecule has 1 unspecified atom stereocenters. The highest BCUT2D eigenvalue weighted by atomic mass is 16.5. The Morgan fingerprint density at radius 1 is 1.23 bits per heavy atom. The number of carbonyl (C=O) groups is 2. The van der Waals surface area contributed by atoms with Crippen molar-refractivity contribution < 1.29 is 24.0 Å². The Balaban J connectivity index is 2.46. The van der Waals surface area contributed by atoms with Crippen LogP contribution in [0.4, 0.5) is 4.79 Å². The van der Waals surface area contributed by atoms with Gasteiger partial charge in [0, 0.05) is 12.1 Å². The van der Waals surface area contributed by atoms with Crippen LogP contribution in [-0.2, 0) is 11.3 Å². The first-order valence-corrected chi connectivity index (χ1v) is 9.04. The van der Waals surface area contributed by atoms with Gasteiger partial charge >= 0.3 is 6.03 Å². The Kier molecular flexibility index (Phi) is 9.51. The minimum Gasteiger partial charge on any atom is -0.493 e. The topological polar surface area (TPSA) is 81.1 Å². The first kappa shape index (κ1) is 21.8. The molecule has 0 radical (unpaired) electrons. The van der Waals surface area contributed by atoms with Gasteiger partial charge in [0.25, 0.3) is 5.91 Å². The number of methoxy groups -OCH3 is 1. The maximum absolute atomic E-state index is 12.0. The van der Waals surface area contributed by atoms with Crippen LogP contribution in [0, 0.1) is 5.92 Å². The van der Waals surface area contributed by atoms with Gasteiger partial charge in [0.1, 0.15) is 6.54 Å². The number of rotatable bonds is 10. The summed E-state index contributed by atoms with van der Waals surface area (Å²) in [6, 6.07) is 5.29. The van der Waals surface area contributed by atoms with Gasteiger partial charge in [-0.05, 0) is 37.5 Å². The number of hydrogen-bond donors (Lipinski definition) is 3. The normalized spacial score (nSPS) is 11.8. The molecule has 7 heteroatoms. The quantitative estimate of drug-likeness (QED) is 0.577. The summed E-state index contributed by atoms with van der Waals surface area (Å²) in [7, 11) is 3.50. The second-order valence-electron chi connectivity index (χ2n) is 6.72. The van der Waals surface area contributed by atoms with Crippen molar-refractivity contribution in [1.82, 2.24) is 10.6 Å². The first-order valence-electron chi connectivity index (χ1n) is 9.04. The van der Waals surface area contributed by atoms with E-state index >= 15 is 0 Å². The summed E-state index contributed by atoms with van der Waals surface area (Å²) in [6.07, 6.45) is 0.881. The van der Waals surface area contributed by atoms with Gasteiger partial charge in [-0.1, -0.05) is 13.8 Å². The minimum absolute atomic E-state index is 0.202. The van der Waals surface area contributed by atoms with E-state index < -0.39 is 6.03 Å². The van der Waals surface area contributed by atoms with Crippen LogP contribution in [0.5, 0.6) is 11.5 Å². The van der Waals surface area contributed by atoms with Gasteiger partial charge in [-0.25, -0.2) is 4.79 Å². The van der Waals surface area contributed by atoms with E-state index in [2.05, 4.69) is 24.5 Å². The Morgan fingerprint density at radius 3 is 2.58 bits per heavy atom. The van der Waals surface area contributed by atoms with Crippen molar-refractivity contribution in [2.24, 2.45) is 5.92 Å². The van der Waals surface area contributed by atoms with E-state index in [1.54, 1.807) is 7.11 Å². The lowest BCUT2D eigenvalue weighted by Gasteiger charge is -2.15. The smallest absolute Gasteiger partial charge is 0.321 e. The van der Waals surface area contributed by atoms with Crippen molar-refractivity contribution in [2.75, 3.05) is 33.9 Å². The fourth-order valence-corrected chi connectivity index (χ4v) is 2.47. The maximum Gasteiger partial charge on any atom is 0.321 e. The molecule has 7 nitrogen and oxygen atoms in total. The van der Waals surface area contributed by atoms with Gasteiger partial charge in [-0.3, -0.25) is 10.1 Å². The average molecular weight is 366 g/mol. The molecule has 1 aromatic rings. The fraction of sp³-hybridized carbons (Fsp3) is 0.579. The van der Waals surface area contributed by atoms with E-state index in [4.69, 9.17) is 9.47 Å². The number of benzene rings is 1. The van der Waals surface area contributed by atoms with E-state index in [9.17, 15) is 9.59 Å². The number of nitrogens with one attached hydrogen (secondary N) is 3. The van der Waals surface area contributed by atoms with Crippen molar-refractivity contribution in [1.29, 1.82) is 0 Å². The molecule has 0 fully saturated rings. The third kappa shape index (κ3) is 8.20. The summed E-state index contributed by atoms with van der Waals surface area (Å²) in [5, 5.41) is 5.05.